The predicted octanol–water partition coefficient (Wildman–Crippen LogP) is 3.44. The van der Waals surface area contributed by atoms with Crippen molar-refractivity contribution in [2.24, 2.45) is 0 Å². The smallest absolute Gasteiger partial charge is 0.277 e. The van der Waals surface area contributed by atoms with E-state index in [2.05, 4.69) is 0 Å². The van der Waals surface area contributed by atoms with Crippen LogP contribution in [0.1, 0.15) is 37.7 Å². The molecule has 1 aliphatic heterocycles. The molecule has 1 heterocycles. The molecule has 3 rings (SSSR count). The average Bonchev–Trinajstić information content (AvgIpc) is 2.91. The van der Waals surface area contributed by atoms with Gasteiger partial charge in [0.1, 0.15) is 5.70 Å². The number of benzene rings is 1. The summed E-state index contributed by atoms with van der Waals surface area (Å²) in [5, 5.41) is 0.575. The first-order valence-corrected chi connectivity index (χ1v) is 9.55. The number of amides is 1. The van der Waals surface area contributed by atoms with Crippen LogP contribution < -0.4 is 14.2 Å². The van der Waals surface area contributed by atoms with Gasteiger partial charge in [-0.25, -0.2) is 0 Å². The van der Waals surface area contributed by atoms with Crippen molar-refractivity contribution in [3.05, 3.63) is 23.4 Å². The number of rotatable bonds is 5. The van der Waals surface area contributed by atoms with E-state index in [-0.39, 0.29) is 11.9 Å². The number of carbonyl (C=O) groups excluding carboxylic acids is 1. The minimum Gasteiger partial charge on any atom is -0.493 e. The van der Waals surface area contributed by atoms with Crippen molar-refractivity contribution in [3.63, 3.8) is 0 Å². The van der Waals surface area contributed by atoms with Gasteiger partial charge in [0, 0.05) is 13.1 Å². The zero-order valence-corrected chi connectivity index (χ0v) is 17.1. The van der Waals surface area contributed by atoms with Crippen molar-refractivity contribution in [2.75, 3.05) is 28.4 Å². The normalized spacial score (nSPS) is 19.8. The maximum atomic E-state index is 13.1. The largest absolute Gasteiger partial charge is 0.493 e. The van der Waals surface area contributed by atoms with Gasteiger partial charge in [-0.2, -0.15) is 0 Å². The van der Waals surface area contributed by atoms with Crippen LogP contribution in [0.2, 0.25) is 0 Å². The van der Waals surface area contributed by atoms with E-state index >= 15 is 0 Å². The van der Waals surface area contributed by atoms with Gasteiger partial charge in [0.2, 0.25) is 5.75 Å². The first-order chi connectivity index (χ1) is 13.0. The highest BCUT2D eigenvalue weighted by molar-refractivity contribution is 7.80. The second-order valence-electron chi connectivity index (χ2n) is 6.80. The molecule has 2 fully saturated rings. The topological polar surface area (TPSA) is 51.2 Å². The first-order valence-electron chi connectivity index (χ1n) is 9.14. The van der Waals surface area contributed by atoms with E-state index < -0.39 is 0 Å². The fourth-order valence-electron chi connectivity index (χ4n) is 3.78. The zero-order valence-electron chi connectivity index (χ0n) is 16.3. The lowest BCUT2D eigenvalue weighted by atomic mass is 9.94. The number of hydrogen-bond acceptors (Lipinski definition) is 5. The molecule has 2 aliphatic rings. The van der Waals surface area contributed by atoms with Crippen LogP contribution in [-0.2, 0) is 4.79 Å². The molecule has 0 N–H and O–H groups in total. The van der Waals surface area contributed by atoms with E-state index in [4.69, 9.17) is 26.4 Å². The van der Waals surface area contributed by atoms with E-state index in [0.717, 1.165) is 31.2 Å². The van der Waals surface area contributed by atoms with Crippen LogP contribution in [-0.4, -0.2) is 55.2 Å². The molecular weight excluding hydrogens is 364 g/mol. The minimum absolute atomic E-state index is 0.0387. The second-order valence-corrected chi connectivity index (χ2v) is 7.16. The van der Waals surface area contributed by atoms with Crippen LogP contribution in [0, 0.1) is 0 Å². The molecule has 7 heteroatoms. The lowest BCUT2D eigenvalue weighted by molar-refractivity contribution is -0.124. The summed E-state index contributed by atoms with van der Waals surface area (Å²) in [6.45, 7) is 0. The van der Waals surface area contributed by atoms with Crippen molar-refractivity contribution in [1.82, 2.24) is 9.80 Å². The Kier molecular flexibility index (Phi) is 5.89. The van der Waals surface area contributed by atoms with E-state index in [1.807, 2.05) is 25.3 Å². The summed E-state index contributed by atoms with van der Waals surface area (Å²) < 4.78 is 16.2. The molecule has 27 heavy (non-hydrogen) atoms. The summed E-state index contributed by atoms with van der Waals surface area (Å²) >= 11 is 5.57. The Hall–Kier alpha value is -2.28. The Labute approximate surface area is 165 Å². The molecule has 1 aliphatic carbocycles. The lowest BCUT2D eigenvalue weighted by Crippen LogP contribution is -2.41. The monoisotopic (exact) mass is 390 g/mol. The molecule has 0 bridgehead atoms. The summed E-state index contributed by atoms with van der Waals surface area (Å²) in [6.07, 6.45) is 7.37. The van der Waals surface area contributed by atoms with Crippen LogP contribution in [0.3, 0.4) is 0 Å². The molecular formula is C20H26N2O4S. The van der Waals surface area contributed by atoms with E-state index in [1.54, 1.807) is 31.1 Å². The summed E-state index contributed by atoms with van der Waals surface area (Å²) in [7, 11) is 6.54. The number of carbonyl (C=O) groups is 1. The molecule has 1 saturated heterocycles. The first kappa shape index (κ1) is 19.5. The molecule has 1 aromatic rings. The predicted molar refractivity (Wildman–Crippen MR) is 108 cm³/mol. The van der Waals surface area contributed by atoms with Gasteiger partial charge < -0.3 is 19.1 Å². The molecule has 1 saturated carbocycles. The molecule has 0 aromatic heterocycles. The number of likely N-dealkylation sites (N-methyl/N-ethyl adjacent to an activating group) is 1. The standard InChI is InChI=1S/C20H26N2O4S/c1-21-15(19(23)22(20(21)27)14-8-6-5-7-9-14)10-13-11-16(24-2)18(26-4)17(12-13)25-3/h10-12,14H,5-9H2,1-4H3/b15-10-. The fraction of sp³-hybridized carbons (Fsp3) is 0.500. The number of thiocarbonyl (C=S) groups is 1. The van der Waals surface area contributed by atoms with Crippen LogP contribution in [0.4, 0.5) is 0 Å². The van der Waals surface area contributed by atoms with Crippen LogP contribution in [0.25, 0.3) is 6.08 Å². The van der Waals surface area contributed by atoms with Crippen molar-refractivity contribution in [2.45, 2.75) is 38.1 Å². The van der Waals surface area contributed by atoms with Crippen molar-refractivity contribution >= 4 is 29.3 Å². The fourth-order valence-corrected chi connectivity index (χ4v) is 4.11. The number of methoxy groups -OCH3 is 3. The van der Waals surface area contributed by atoms with Gasteiger partial charge in [-0.05, 0) is 48.8 Å². The summed E-state index contributed by atoms with van der Waals surface area (Å²) in [5.74, 6) is 1.57. The Morgan fingerprint density at radius 3 is 2.15 bits per heavy atom. The molecule has 0 spiro atoms. The van der Waals surface area contributed by atoms with Crippen LogP contribution in [0.15, 0.2) is 17.8 Å². The molecule has 1 aromatic carbocycles. The van der Waals surface area contributed by atoms with Gasteiger partial charge in [0.15, 0.2) is 16.6 Å². The van der Waals surface area contributed by atoms with E-state index in [1.165, 1.54) is 6.42 Å². The highest BCUT2D eigenvalue weighted by atomic mass is 32.1. The molecule has 0 radical (unpaired) electrons. The highest BCUT2D eigenvalue weighted by Gasteiger charge is 2.40. The third-order valence-electron chi connectivity index (χ3n) is 5.22. The van der Waals surface area contributed by atoms with Gasteiger partial charge >= 0.3 is 0 Å². The SMILES string of the molecule is COc1cc(/C=C2/C(=O)N(C3CCCCC3)C(=S)N2C)cc(OC)c1OC. The molecule has 146 valence electrons. The van der Waals surface area contributed by atoms with Crippen LogP contribution >= 0.6 is 12.2 Å². The Morgan fingerprint density at radius 2 is 1.63 bits per heavy atom. The van der Waals surface area contributed by atoms with Gasteiger partial charge in [-0.15, -0.1) is 0 Å². The van der Waals surface area contributed by atoms with Crippen molar-refractivity contribution < 1.29 is 19.0 Å². The Bertz CT molecular complexity index is 746. The van der Waals surface area contributed by atoms with Gasteiger partial charge in [-0.1, -0.05) is 19.3 Å². The zero-order chi connectivity index (χ0) is 19.6. The van der Waals surface area contributed by atoms with Crippen molar-refractivity contribution in [1.29, 1.82) is 0 Å². The Balaban J connectivity index is 1.96. The third kappa shape index (κ3) is 3.60. The summed E-state index contributed by atoms with van der Waals surface area (Å²) in [6, 6.07) is 3.84. The molecule has 0 unspecified atom stereocenters. The minimum atomic E-state index is -0.0387. The van der Waals surface area contributed by atoms with E-state index in [0.29, 0.717) is 28.1 Å². The van der Waals surface area contributed by atoms with Gasteiger partial charge in [0.05, 0.1) is 21.3 Å². The molecule has 0 atom stereocenters. The number of nitrogens with zero attached hydrogens (tertiary/aromatic N) is 2. The number of hydrogen-bond donors (Lipinski definition) is 0. The van der Waals surface area contributed by atoms with E-state index in [9.17, 15) is 4.79 Å². The number of ether oxygens (including phenoxy) is 3. The summed E-state index contributed by atoms with van der Waals surface area (Å²) in [4.78, 5) is 16.7. The maximum absolute atomic E-state index is 13.1. The highest BCUT2D eigenvalue weighted by Crippen LogP contribution is 2.39. The lowest BCUT2D eigenvalue weighted by Gasteiger charge is -2.30. The average molecular weight is 391 g/mol. The quantitative estimate of drug-likeness (QED) is 0.567. The summed E-state index contributed by atoms with van der Waals surface area (Å²) in [5.41, 5.74) is 1.34. The van der Waals surface area contributed by atoms with Crippen LogP contribution in [0.5, 0.6) is 17.2 Å². The van der Waals surface area contributed by atoms with Gasteiger partial charge in [-0.3, -0.25) is 9.69 Å². The van der Waals surface area contributed by atoms with Gasteiger partial charge in [0.25, 0.3) is 5.91 Å². The third-order valence-corrected chi connectivity index (χ3v) is 5.69. The molecule has 6 nitrogen and oxygen atoms in total. The Morgan fingerprint density at radius 1 is 1.04 bits per heavy atom. The maximum Gasteiger partial charge on any atom is 0.277 e. The second kappa shape index (κ2) is 8.17. The van der Waals surface area contributed by atoms with Crippen molar-refractivity contribution in [3.8, 4) is 17.2 Å². The molecule has 1 amide bonds.